The molecule has 0 amide bonds. The minimum Gasteiger partial charge on any atom is -0.308 e. The van der Waals surface area contributed by atoms with Gasteiger partial charge in [-0.15, -0.1) is 0 Å². The van der Waals surface area contributed by atoms with Crippen LogP contribution < -0.4 is 5.32 Å². The largest absolute Gasteiger partial charge is 0.308 e. The number of nitrogens with zero attached hydrogens (tertiary/aromatic N) is 1. The first-order valence-corrected chi connectivity index (χ1v) is 9.95. The van der Waals surface area contributed by atoms with Crippen molar-refractivity contribution in [2.75, 3.05) is 7.05 Å². The lowest BCUT2D eigenvalue weighted by molar-refractivity contribution is 0.672. The molecule has 1 aromatic heterocycles. The van der Waals surface area contributed by atoms with Crippen LogP contribution in [0.4, 0.5) is 0 Å². The van der Waals surface area contributed by atoms with Crippen molar-refractivity contribution in [2.24, 2.45) is 0 Å². The molecule has 0 aliphatic heterocycles. The first kappa shape index (κ1) is 17.6. The molecular formula is C27H22N2. The van der Waals surface area contributed by atoms with Crippen LogP contribution in [0.1, 0.15) is 17.3 Å². The molecule has 1 atom stereocenters. The van der Waals surface area contributed by atoms with E-state index in [-0.39, 0.29) is 6.04 Å². The highest BCUT2D eigenvalue weighted by Gasteiger charge is 2.15. The maximum Gasteiger partial charge on any atom is 0.0749 e. The van der Waals surface area contributed by atoms with Crippen LogP contribution in [-0.4, -0.2) is 12.0 Å². The van der Waals surface area contributed by atoms with Crippen molar-refractivity contribution in [3.63, 3.8) is 0 Å². The standard InChI is InChI=1S/C27H22N2/c1-28-27(19-10-3-2-4-11-19)26-17-9-16-25(29-26)24-18-20-12-5-6-13-21(20)22-14-7-8-15-23(22)24/h2-18,27-28H,1H3. The van der Waals surface area contributed by atoms with E-state index < -0.39 is 0 Å². The summed E-state index contributed by atoms with van der Waals surface area (Å²) in [6, 6.07) is 36.3. The minimum absolute atomic E-state index is 0.0582. The fourth-order valence-electron chi connectivity index (χ4n) is 4.16. The summed E-state index contributed by atoms with van der Waals surface area (Å²) in [7, 11) is 1.98. The van der Waals surface area contributed by atoms with Gasteiger partial charge in [0.25, 0.3) is 0 Å². The number of pyridine rings is 1. The molecule has 5 aromatic rings. The Balaban J connectivity index is 1.70. The number of aromatic nitrogens is 1. The van der Waals surface area contributed by atoms with Gasteiger partial charge in [0.2, 0.25) is 0 Å². The first-order chi connectivity index (χ1) is 14.3. The van der Waals surface area contributed by atoms with Gasteiger partial charge in [-0.2, -0.15) is 0 Å². The zero-order chi connectivity index (χ0) is 19.6. The smallest absolute Gasteiger partial charge is 0.0749 e. The number of fused-ring (bicyclic) bond motifs is 3. The van der Waals surface area contributed by atoms with Crippen LogP contribution in [0, 0.1) is 0 Å². The third kappa shape index (κ3) is 3.18. The quantitative estimate of drug-likeness (QED) is 0.370. The Hall–Kier alpha value is -3.49. The van der Waals surface area contributed by atoms with Crippen LogP contribution in [0.2, 0.25) is 0 Å². The summed E-state index contributed by atoms with van der Waals surface area (Å²) in [4.78, 5) is 5.08. The van der Waals surface area contributed by atoms with Crippen molar-refractivity contribution in [3.05, 3.63) is 114 Å². The van der Waals surface area contributed by atoms with Gasteiger partial charge in [-0.3, -0.25) is 4.98 Å². The number of benzene rings is 4. The van der Waals surface area contributed by atoms with Crippen LogP contribution >= 0.6 is 0 Å². The van der Waals surface area contributed by atoms with Gasteiger partial charge >= 0.3 is 0 Å². The van der Waals surface area contributed by atoms with Gasteiger partial charge in [0.15, 0.2) is 0 Å². The summed E-state index contributed by atoms with van der Waals surface area (Å²) in [5.41, 5.74) is 4.40. The van der Waals surface area contributed by atoms with Crippen LogP contribution in [0.5, 0.6) is 0 Å². The third-order valence-electron chi connectivity index (χ3n) is 5.53. The lowest BCUT2D eigenvalue weighted by Crippen LogP contribution is -2.18. The lowest BCUT2D eigenvalue weighted by atomic mass is 9.95. The normalized spacial score (nSPS) is 12.3. The van der Waals surface area contributed by atoms with Crippen molar-refractivity contribution in [1.82, 2.24) is 10.3 Å². The van der Waals surface area contributed by atoms with E-state index in [9.17, 15) is 0 Å². The predicted octanol–water partition coefficient (Wildman–Crippen LogP) is 6.36. The Morgan fingerprint density at radius 3 is 2.14 bits per heavy atom. The summed E-state index contributed by atoms with van der Waals surface area (Å²) in [6.45, 7) is 0. The second-order valence-electron chi connectivity index (χ2n) is 7.27. The second kappa shape index (κ2) is 7.50. The topological polar surface area (TPSA) is 24.9 Å². The Bertz CT molecular complexity index is 1290. The lowest BCUT2D eigenvalue weighted by Gasteiger charge is -2.18. The summed E-state index contributed by atoms with van der Waals surface area (Å²) < 4.78 is 0. The predicted molar refractivity (Wildman–Crippen MR) is 122 cm³/mol. The number of hydrogen-bond acceptors (Lipinski definition) is 2. The van der Waals surface area contributed by atoms with Gasteiger partial charge in [0, 0.05) is 5.56 Å². The molecule has 0 saturated carbocycles. The van der Waals surface area contributed by atoms with Crippen molar-refractivity contribution in [2.45, 2.75) is 6.04 Å². The molecule has 0 aliphatic carbocycles. The monoisotopic (exact) mass is 374 g/mol. The molecule has 140 valence electrons. The Morgan fingerprint density at radius 1 is 0.655 bits per heavy atom. The van der Waals surface area contributed by atoms with Crippen LogP contribution in [0.3, 0.4) is 0 Å². The molecule has 1 unspecified atom stereocenters. The summed E-state index contributed by atoms with van der Waals surface area (Å²) >= 11 is 0. The van der Waals surface area contributed by atoms with E-state index in [0.717, 1.165) is 11.4 Å². The van der Waals surface area contributed by atoms with Crippen molar-refractivity contribution < 1.29 is 0 Å². The minimum atomic E-state index is 0.0582. The molecular weight excluding hydrogens is 352 g/mol. The fraction of sp³-hybridized carbons (Fsp3) is 0.0741. The zero-order valence-electron chi connectivity index (χ0n) is 16.3. The molecule has 2 nitrogen and oxygen atoms in total. The molecule has 0 fully saturated rings. The SMILES string of the molecule is CNC(c1ccccc1)c1cccc(-c2cc3ccccc3c3ccccc23)n1. The molecule has 0 saturated heterocycles. The first-order valence-electron chi connectivity index (χ1n) is 9.95. The molecule has 2 heteroatoms. The highest BCUT2D eigenvalue weighted by Crippen LogP contribution is 2.34. The summed E-state index contributed by atoms with van der Waals surface area (Å²) in [5.74, 6) is 0. The second-order valence-corrected chi connectivity index (χ2v) is 7.27. The molecule has 1 heterocycles. The molecule has 0 aliphatic rings. The number of rotatable bonds is 4. The van der Waals surface area contributed by atoms with Gasteiger partial charge in [0.05, 0.1) is 17.4 Å². The van der Waals surface area contributed by atoms with Gasteiger partial charge in [0.1, 0.15) is 0 Å². The summed E-state index contributed by atoms with van der Waals surface area (Å²) in [5, 5.41) is 8.43. The summed E-state index contributed by atoms with van der Waals surface area (Å²) in [6.07, 6.45) is 0. The van der Waals surface area contributed by atoms with Gasteiger partial charge in [-0.05, 0) is 52.4 Å². The van der Waals surface area contributed by atoms with Crippen molar-refractivity contribution in [3.8, 4) is 11.3 Å². The van der Waals surface area contributed by atoms with E-state index in [4.69, 9.17) is 4.98 Å². The Morgan fingerprint density at radius 2 is 1.34 bits per heavy atom. The van der Waals surface area contributed by atoms with Gasteiger partial charge in [-0.1, -0.05) is 84.9 Å². The van der Waals surface area contributed by atoms with E-state index in [2.05, 4.69) is 102 Å². The van der Waals surface area contributed by atoms with E-state index in [1.54, 1.807) is 0 Å². The molecule has 5 rings (SSSR count). The third-order valence-corrected chi connectivity index (χ3v) is 5.53. The van der Waals surface area contributed by atoms with Gasteiger partial charge < -0.3 is 5.32 Å². The Labute approximate surface area is 170 Å². The Kier molecular flexibility index (Phi) is 4.55. The maximum atomic E-state index is 5.08. The van der Waals surface area contributed by atoms with Crippen LogP contribution in [0.25, 0.3) is 32.8 Å². The molecule has 4 aromatic carbocycles. The zero-order valence-corrected chi connectivity index (χ0v) is 16.3. The van der Waals surface area contributed by atoms with Crippen LogP contribution in [0.15, 0.2) is 103 Å². The molecule has 1 N–H and O–H groups in total. The van der Waals surface area contributed by atoms with E-state index in [1.807, 2.05) is 13.1 Å². The highest BCUT2D eigenvalue weighted by atomic mass is 14.9. The van der Waals surface area contributed by atoms with Gasteiger partial charge in [-0.25, -0.2) is 0 Å². The van der Waals surface area contributed by atoms with E-state index >= 15 is 0 Å². The average Bonchev–Trinajstić information content (AvgIpc) is 2.80. The molecule has 29 heavy (non-hydrogen) atoms. The van der Waals surface area contributed by atoms with E-state index in [0.29, 0.717) is 0 Å². The van der Waals surface area contributed by atoms with E-state index in [1.165, 1.54) is 32.7 Å². The average molecular weight is 374 g/mol. The molecule has 0 spiro atoms. The molecule has 0 bridgehead atoms. The number of hydrogen-bond donors (Lipinski definition) is 1. The maximum absolute atomic E-state index is 5.08. The highest BCUT2D eigenvalue weighted by molar-refractivity contribution is 6.13. The number of nitrogens with one attached hydrogen (secondary N) is 1. The van der Waals surface area contributed by atoms with Crippen molar-refractivity contribution >= 4 is 21.5 Å². The molecule has 0 radical (unpaired) electrons. The fourth-order valence-corrected chi connectivity index (χ4v) is 4.16. The van der Waals surface area contributed by atoms with Crippen molar-refractivity contribution in [1.29, 1.82) is 0 Å². The van der Waals surface area contributed by atoms with Crippen LogP contribution in [-0.2, 0) is 0 Å².